The van der Waals surface area contributed by atoms with E-state index in [1.165, 1.54) is 4.90 Å². The number of benzene rings is 1. The van der Waals surface area contributed by atoms with Crippen LogP contribution in [0.2, 0.25) is 5.02 Å². The second-order valence-corrected chi connectivity index (χ2v) is 6.66. The molecule has 1 aliphatic rings. The zero-order valence-corrected chi connectivity index (χ0v) is 14.5. The Hall–Kier alpha value is -0.750. The van der Waals surface area contributed by atoms with E-state index in [9.17, 15) is 4.79 Å². The summed E-state index contributed by atoms with van der Waals surface area (Å²) in [6.07, 6.45) is 0.410. The maximum Gasteiger partial charge on any atom is 0.249 e. The molecule has 0 fully saturated rings. The van der Waals surface area contributed by atoms with Crippen LogP contribution in [0.5, 0.6) is 0 Å². The molecule has 0 radical (unpaired) electrons. The molecular weight excluding hydrogens is 322 g/mol. The van der Waals surface area contributed by atoms with Crippen LogP contribution in [0, 0.1) is 0 Å². The van der Waals surface area contributed by atoms with Crippen molar-refractivity contribution < 1.29 is 14.3 Å². The minimum Gasteiger partial charge on any atom is -0.379 e. The van der Waals surface area contributed by atoms with Crippen molar-refractivity contribution in [3.8, 4) is 0 Å². The van der Waals surface area contributed by atoms with E-state index in [-0.39, 0.29) is 11.9 Å². The topological polar surface area (TPSA) is 47.6 Å². The number of nitrogens with one attached hydrogen (secondary N) is 1. The maximum absolute atomic E-state index is 12.3. The highest BCUT2D eigenvalue weighted by molar-refractivity contribution is 7.99. The van der Waals surface area contributed by atoms with E-state index in [1.54, 1.807) is 18.7 Å². The van der Waals surface area contributed by atoms with Gasteiger partial charge in [0.25, 0.3) is 0 Å². The van der Waals surface area contributed by atoms with Crippen LogP contribution >= 0.6 is 23.4 Å². The molecule has 0 aromatic heterocycles. The molecule has 0 bridgehead atoms. The molecule has 1 amide bonds. The summed E-state index contributed by atoms with van der Waals surface area (Å²) >= 11 is 7.88. The zero-order valence-electron chi connectivity index (χ0n) is 12.9. The maximum atomic E-state index is 12.3. The smallest absolute Gasteiger partial charge is 0.249 e. The van der Waals surface area contributed by atoms with Crippen molar-refractivity contribution in [1.29, 1.82) is 0 Å². The molecule has 0 saturated heterocycles. The van der Waals surface area contributed by atoms with Crippen molar-refractivity contribution in [2.45, 2.75) is 37.3 Å². The van der Waals surface area contributed by atoms with E-state index in [0.717, 1.165) is 17.7 Å². The molecule has 0 unspecified atom stereocenters. The van der Waals surface area contributed by atoms with Gasteiger partial charge in [0.05, 0.1) is 19.3 Å². The highest BCUT2D eigenvalue weighted by Crippen LogP contribution is 2.37. The second kappa shape index (κ2) is 8.77. The molecule has 2 atom stereocenters. The lowest BCUT2D eigenvalue weighted by Gasteiger charge is -2.27. The molecule has 22 heavy (non-hydrogen) atoms. The molecule has 6 heteroatoms. The van der Waals surface area contributed by atoms with Crippen LogP contribution in [0.4, 0.5) is 0 Å². The quantitative estimate of drug-likeness (QED) is 0.770. The first kappa shape index (κ1) is 17.6. The van der Waals surface area contributed by atoms with E-state index in [4.69, 9.17) is 21.1 Å². The van der Waals surface area contributed by atoms with Crippen LogP contribution in [0.1, 0.15) is 31.9 Å². The standard InChI is InChI=1S/C16H22ClNO3S/c1-3-20-7-8-21-11(2)16(19)18-14-6-9-22-15-5-4-12(17)10-13(14)15/h4-5,10-11,14H,3,6-9H2,1-2H3,(H,18,19)/t11-,14-/m0/s1. The molecule has 1 heterocycles. The number of carbonyl (C=O) groups excluding carboxylic acids is 1. The van der Waals surface area contributed by atoms with Crippen LogP contribution < -0.4 is 5.32 Å². The Kier molecular flexibility index (Phi) is 7.02. The van der Waals surface area contributed by atoms with E-state index >= 15 is 0 Å². The van der Waals surface area contributed by atoms with Gasteiger partial charge in [0.2, 0.25) is 5.91 Å². The monoisotopic (exact) mass is 343 g/mol. The van der Waals surface area contributed by atoms with Crippen molar-refractivity contribution in [2.24, 2.45) is 0 Å². The van der Waals surface area contributed by atoms with Crippen molar-refractivity contribution in [3.05, 3.63) is 28.8 Å². The minimum atomic E-state index is -0.488. The van der Waals surface area contributed by atoms with Crippen LogP contribution in [0.15, 0.2) is 23.1 Å². The van der Waals surface area contributed by atoms with E-state index in [0.29, 0.717) is 24.8 Å². The normalized spacial score (nSPS) is 18.6. The fourth-order valence-electron chi connectivity index (χ4n) is 2.31. The Morgan fingerprint density at radius 3 is 3.09 bits per heavy atom. The number of rotatable bonds is 7. The van der Waals surface area contributed by atoms with Crippen molar-refractivity contribution in [1.82, 2.24) is 5.32 Å². The molecule has 1 aliphatic heterocycles. The van der Waals surface area contributed by atoms with Gasteiger partial charge in [-0.2, -0.15) is 0 Å². The van der Waals surface area contributed by atoms with E-state index < -0.39 is 6.10 Å². The van der Waals surface area contributed by atoms with Crippen LogP contribution in [0.25, 0.3) is 0 Å². The number of carbonyl (C=O) groups is 1. The highest BCUT2D eigenvalue weighted by Gasteiger charge is 2.24. The zero-order chi connectivity index (χ0) is 15.9. The Morgan fingerprint density at radius 1 is 1.50 bits per heavy atom. The molecule has 0 spiro atoms. The van der Waals surface area contributed by atoms with Gasteiger partial charge in [-0.3, -0.25) is 4.79 Å². The number of amides is 1. The van der Waals surface area contributed by atoms with Crippen molar-refractivity contribution in [3.63, 3.8) is 0 Å². The van der Waals surface area contributed by atoms with Crippen molar-refractivity contribution in [2.75, 3.05) is 25.6 Å². The summed E-state index contributed by atoms with van der Waals surface area (Å²) in [6.45, 7) is 5.27. The number of hydrogen-bond acceptors (Lipinski definition) is 4. The number of hydrogen-bond donors (Lipinski definition) is 1. The fraction of sp³-hybridized carbons (Fsp3) is 0.562. The Bertz CT molecular complexity index is 512. The average molecular weight is 344 g/mol. The molecule has 0 aliphatic carbocycles. The first-order valence-corrected chi connectivity index (χ1v) is 8.90. The van der Waals surface area contributed by atoms with E-state index in [1.807, 2.05) is 25.1 Å². The fourth-order valence-corrected chi connectivity index (χ4v) is 3.59. The molecule has 4 nitrogen and oxygen atoms in total. The molecule has 1 aromatic carbocycles. The van der Waals surface area contributed by atoms with Gasteiger partial charge in [-0.1, -0.05) is 11.6 Å². The third-order valence-corrected chi connectivity index (χ3v) is 4.85. The van der Waals surface area contributed by atoms with Gasteiger partial charge < -0.3 is 14.8 Å². The molecule has 0 saturated carbocycles. The summed E-state index contributed by atoms with van der Waals surface area (Å²) in [7, 11) is 0. The predicted molar refractivity (Wildman–Crippen MR) is 89.6 cm³/mol. The van der Waals surface area contributed by atoms with Gasteiger partial charge in [0.1, 0.15) is 6.10 Å². The van der Waals surface area contributed by atoms with Gasteiger partial charge >= 0.3 is 0 Å². The van der Waals surface area contributed by atoms with Gasteiger partial charge in [-0.25, -0.2) is 0 Å². The Morgan fingerprint density at radius 2 is 2.32 bits per heavy atom. The SMILES string of the molecule is CCOCCO[C@@H](C)C(=O)N[C@H]1CCSc2ccc(Cl)cc21. The van der Waals surface area contributed by atoms with Crippen LogP contribution in [-0.4, -0.2) is 37.6 Å². The number of halogens is 1. The first-order valence-electron chi connectivity index (χ1n) is 7.53. The third kappa shape index (κ3) is 4.88. The van der Waals surface area contributed by atoms with Gasteiger partial charge in [-0.05, 0) is 44.0 Å². The lowest BCUT2D eigenvalue weighted by atomic mass is 10.0. The largest absolute Gasteiger partial charge is 0.379 e. The predicted octanol–water partition coefficient (Wildman–Crippen LogP) is 3.43. The van der Waals surface area contributed by atoms with E-state index in [2.05, 4.69) is 5.32 Å². The summed E-state index contributed by atoms with van der Waals surface area (Å²) < 4.78 is 10.7. The summed E-state index contributed by atoms with van der Waals surface area (Å²) in [5.74, 6) is 0.887. The number of fused-ring (bicyclic) bond motifs is 1. The summed E-state index contributed by atoms with van der Waals surface area (Å²) in [4.78, 5) is 13.4. The average Bonchev–Trinajstić information content (AvgIpc) is 2.52. The lowest BCUT2D eigenvalue weighted by Crippen LogP contribution is -2.38. The summed E-state index contributed by atoms with van der Waals surface area (Å²) in [5, 5.41) is 3.76. The third-order valence-electron chi connectivity index (χ3n) is 3.50. The summed E-state index contributed by atoms with van der Waals surface area (Å²) in [6, 6.07) is 5.84. The van der Waals surface area contributed by atoms with Gasteiger partial charge in [0.15, 0.2) is 0 Å². The number of ether oxygens (including phenoxy) is 2. The molecule has 1 N–H and O–H groups in total. The van der Waals surface area contributed by atoms with Crippen LogP contribution in [-0.2, 0) is 14.3 Å². The lowest BCUT2D eigenvalue weighted by molar-refractivity contribution is -0.133. The van der Waals surface area contributed by atoms with Crippen molar-refractivity contribution >= 4 is 29.3 Å². The Labute approximate surface area is 140 Å². The summed E-state index contributed by atoms with van der Waals surface area (Å²) in [5.41, 5.74) is 1.10. The molecule has 122 valence electrons. The minimum absolute atomic E-state index is 0.000363. The van der Waals surface area contributed by atoms with Gasteiger partial charge in [-0.15, -0.1) is 11.8 Å². The first-order chi connectivity index (χ1) is 10.6. The molecular formula is C16H22ClNO3S. The number of thioether (sulfide) groups is 1. The van der Waals surface area contributed by atoms with Gasteiger partial charge in [0, 0.05) is 22.3 Å². The Balaban J connectivity index is 1.91. The molecule has 2 rings (SSSR count). The molecule has 1 aromatic rings. The highest BCUT2D eigenvalue weighted by atomic mass is 35.5. The second-order valence-electron chi connectivity index (χ2n) is 5.09. The van der Waals surface area contributed by atoms with Crippen LogP contribution in [0.3, 0.4) is 0 Å².